The zero-order valence-electron chi connectivity index (χ0n) is 30.7. The number of Topliss-reactive ketones (excluding diaryl/α,β-unsaturated/α-hetero) is 1. The molecule has 51 heavy (non-hydrogen) atoms. The SMILES string of the molecule is CCC(=O)CCCC(=O)N1CCN(c2cc(C(CC(=O)O)CN3CCC(CCc4ccc5c(n4)NCCC5)C3)cc(-n3nc(C)cc3C)c2)CC1. The Bertz CT molecular complexity index is 1700. The van der Waals surface area contributed by atoms with E-state index < -0.39 is 5.97 Å². The Labute approximate surface area is 302 Å². The van der Waals surface area contributed by atoms with Gasteiger partial charge in [0.05, 0.1) is 17.8 Å². The summed E-state index contributed by atoms with van der Waals surface area (Å²) in [4.78, 5) is 48.5. The van der Waals surface area contributed by atoms with Gasteiger partial charge in [-0.15, -0.1) is 0 Å². The quantitative estimate of drug-likeness (QED) is 0.210. The topological polar surface area (TPSA) is 124 Å². The maximum atomic E-state index is 12.9. The molecule has 3 aromatic rings. The van der Waals surface area contributed by atoms with Crippen LogP contribution in [-0.4, -0.2) is 99.7 Å². The molecule has 2 aromatic heterocycles. The number of hydrogen-bond acceptors (Lipinski definition) is 8. The van der Waals surface area contributed by atoms with E-state index in [4.69, 9.17) is 10.1 Å². The molecule has 274 valence electrons. The largest absolute Gasteiger partial charge is 0.481 e. The smallest absolute Gasteiger partial charge is 0.304 e. The van der Waals surface area contributed by atoms with Gasteiger partial charge in [-0.2, -0.15) is 5.10 Å². The minimum absolute atomic E-state index is 0.0516. The van der Waals surface area contributed by atoms with Gasteiger partial charge in [0, 0.05) is 88.1 Å². The summed E-state index contributed by atoms with van der Waals surface area (Å²) in [5.74, 6) is 0.943. The fourth-order valence-corrected chi connectivity index (χ4v) is 8.02. The summed E-state index contributed by atoms with van der Waals surface area (Å²) in [6.45, 7) is 12.1. The molecule has 2 fully saturated rings. The van der Waals surface area contributed by atoms with Crippen molar-refractivity contribution < 1.29 is 19.5 Å². The number of carbonyl (C=O) groups excluding carboxylic acids is 2. The lowest BCUT2D eigenvalue weighted by Crippen LogP contribution is -2.48. The molecule has 0 aliphatic carbocycles. The number of carbonyl (C=O) groups is 3. The number of hydrogen-bond donors (Lipinski definition) is 2. The van der Waals surface area contributed by atoms with Crippen LogP contribution in [0.4, 0.5) is 11.5 Å². The van der Waals surface area contributed by atoms with Gasteiger partial charge in [-0.25, -0.2) is 9.67 Å². The Morgan fingerprint density at radius 1 is 1.00 bits per heavy atom. The summed E-state index contributed by atoms with van der Waals surface area (Å²) in [5.41, 5.74) is 7.37. The van der Waals surface area contributed by atoms with E-state index in [-0.39, 0.29) is 24.0 Å². The van der Waals surface area contributed by atoms with Crippen LogP contribution in [0.3, 0.4) is 0 Å². The second-order valence-electron chi connectivity index (χ2n) is 14.8. The van der Waals surface area contributed by atoms with Gasteiger partial charge in [-0.05, 0) is 106 Å². The van der Waals surface area contributed by atoms with E-state index in [0.29, 0.717) is 64.3 Å². The Morgan fingerprint density at radius 3 is 2.55 bits per heavy atom. The van der Waals surface area contributed by atoms with E-state index in [1.165, 1.54) is 5.56 Å². The molecule has 1 amide bonds. The third kappa shape index (κ3) is 9.55. The van der Waals surface area contributed by atoms with Gasteiger partial charge in [-0.1, -0.05) is 13.0 Å². The summed E-state index contributed by atoms with van der Waals surface area (Å²) in [7, 11) is 0. The van der Waals surface area contributed by atoms with Gasteiger partial charge < -0.3 is 25.1 Å². The number of pyridine rings is 1. The van der Waals surface area contributed by atoms with Crippen LogP contribution in [0.2, 0.25) is 0 Å². The normalized spacial score (nSPS) is 18.4. The van der Waals surface area contributed by atoms with Crippen molar-refractivity contribution >= 4 is 29.2 Å². The summed E-state index contributed by atoms with van der Waals surface area (Å²) in [6.07, 6.45) is 7.44. The van der Waals surface area contributed by atoms with Gasteiger partial charge in [0.15, 0.2) is 0 Å². The highest BCUT2D eigenvalue weighted by molar-refractivity contribution is 5.80. The lowest BCUT2D eigenvalue weighted by atomic mass is 9.93. The molecule has 11 nitrogen and oxygen atoms in total. The molecular formula is C40H55N7O4. The van der Waals surface area contributed by atoms with E-state index in [1.54, 1.807) is 0 Å². The molecule has 3 aliphatic heterocycles. The number of carboxylic acid groups (broad SMARTS) is 1. The average Bonchev–Trinajstić information content (AvgIpc) is 3.74. The first-order valence-electron chi connectivity index (χ1n) is 19.0. The monoisotopic (exact) mass is 697 g/mol. The number of ketones is 1. The zero-order valence-corrected chi connectivity index (χ0v) is 30.7. The minimum Gasteiger partial charge on any atom is -0.481 e. The van der Waals surface area contributed by atoms with Gasteiger partial charge in [0.1, 0.15) is 11.6 Å². The lowest BCUT2D eigenvalue weighted by Gasteiger charge is -2.37. The Morgan fingerprint density at radius 2 is 1.80 bits per heavy atom. The van der Waals surface area contributed by atoms with Crippen LogP contribution in [-0.2, 0) is 27.2 Å². The number of likely N-dealkylation sites (tertiary alicyclic amines) is 1. The molecule has 11 heteroatoms. The summed E-state index contributed by atoms with van der Waals surface area (Å²) >= 11 is 0. The van der Waals surface area contributed by atoms with Crippen molar-refractivity contribution in [1.82, 2.24) is 24.6 Å². The average molecular weight is 698 g/mol. The zero-order chi connectivity index (χ0) is 35.9. The van der Waals surface area contributed by atoms with Crippen LogP contribution in [0.1, 0.15) is 92.4 Å². The molecule has 5 heterocycles. The number of nitrogens with one attached hydrogen (secondary N) is 1. The molecule has 2 unspecified atom stereocenters. The molecular weight excluding hydrogens is 642 g/mol. The second kappa shape index (κ2) is 16.8. The fraction of sp³-hybridized carbons (Fsp3) is 0.575. The van der Waals surface area contributed by atoms with Crippen LogP contribution in [0.25, 0.3) is 5.69 Å². The number of piperazine rings is 1. The van der Waals surface area contributed by atoms with Crippen LogP contribution in [0.5, 0.6) is 0 Å². The number of anilines is 2. The minimum atomic E-state index is -0.798. The molecule has 6 rings (SSSR count). The van der Waals surface area contributed by atoms with E-state index in [9.17, 15) is 19.5 Å². The van der Waals surface area contributed by atoms with Gasteiger partial charge >= 0.3 is 5.97 Å². The van der Waals surface area contributed by atoms with Crippen LogP contribution in [0, 0.1) is 19.8 Å². The number of benzene rings is 1. The second-order valence-corrected chi connectivity index (χ2v) is 14.8. The first-order chi connectivity index (χ1) is 24.6. The third-order valence-corrected chi connectivity index (χ3v) is 10.9. The molecule has 1 aromatic carbocycles. The Balaban J connectivity index is 1.14. The molecule has 2 N–H and O–H groups in total. The molecule has 2 atom stereocenters. The number of amides is 1. The van der Waals surface area contributed by atoms with Crippen molar-refractivity contribution in [3.05, 3.63) is 64.6 Å². The summed E-state index contributed by atoms with van der Waals surface area (Å²) in [6, 6.07) is 12.9. The predicted molar refractivity (Wildman–Crippen MR) is 200 cm³/mol. The van der Waals surface area contributed by atoms with Crippen molar-refractivity contribution in [2.24, 2.45) is 5.92 Å². The number of aliphatic carboxylic acids is 1. The maximum absolute atomic E-state index is 12.9. The molecule has 3 aliphatic rings. The van der Waals surface area contributed by atoms with Crippen molar-refractivity contribution in [1.29, 1.82) is 0 Å². The Hall–Kier alpha value is -4.25. The van der Waals surface area contributed by atoms with Crippen molar-refractivity contribution in [3.63, 3.8) is 0 Å². The van der Waals surface area contributed by atoms with Crippen LogP contribution >= 0.6 is 0 Å². The molecule has 0 bridgehead atoms. The highest BCUT2D eigenvalue weighted by atomic mass is 16.4. The van der Waals surface area contributed by atoms with Gasteiger partial charge in [-0.3, -0.25) is 14.4 Å². The predicted octanol–water partition coefficient (Wildman–Crippen LogP) is 5.55. The third-order valence-electron chi connectivity index (χ3n) is 10.9. The Kier molecular flexibility index (Phi) is 12.1. The van der Waals surface area contributed by atoms with Crippen molar-refractivity contribution in [2.45, 2.75) is 90.9 Å². The first kappa shape index (κ1) is 36.5. The maximum Gasteiger partial charge on any atom is 0.304 e. The number of aryl methyl sites for hydroxylation is 4. The molecule has 0 saturated carbocycles. The van der Waals surface area contributed by atoms with Gasteiger partial charge in [0.2, 0.25) is 5.91 Å². The molecule has 0 radical (unpaired) electrons. The van der Waals surface area contributed by atoms with Crippen LogP contribution < -0.4 is 10.2 Å². The molecule has 0 spiro atoms. The number of nitrogens with zero attached hydrogens (tertiary/aromatic N) is 6. The standard InChI is InChI=1S/C40H55N7O4/c1-4-37(48)8-5-9-38(49)46-19-17-45(18-20-46)35-22-32(23-36(25-35)47-29(3)21-28(2)43-47)33(24-39(50)51)27-44-16-14-30(26-44)10-12-34-13-11-31-7-6-15-41-40(31)42-34/h11,13,21-23,25,30,33H,4-10,12,14-20,24,26-27H2,1-3H3,(H,41,42)(H,50,51). The fourth-order valence-electron chi connectivity index (χ4n) is 8.02. The number of carboxylic acids is 1. The van der Waals surface area contributed by atoms with E-state index in [2.05, 4.69) is 51.5 Å². The van der Waals surface area contributed by atoms with E-state index >= 15 is 0 Å². The first-order valence-corrected chi connectivity index (χ1v) is 19.0. The summed E-state index contributed by atoms with van der Waals surface area (Å²) < 4.78 is 1.95. The lowest BCUT2D eigenvalue weighted by molar-refractivity contribution is -0.137. The number of aromatic nitrogens is 3. The number of rotatable bonds is 15. The highest BCUT2D eigenvalue weighted by Gasteiger charge is 2.29. The van der Waals surface area contributed by atoms with E-state index in [1.807, 2.05) is 30.4 Å². The summed E-state index contributed by atoms with van der Waals surface area (Å²) in [5, 5.41) is 18.3. The van der Waals surface area contributed by atoms with Crippen molar-refractivity contribution in [2.75, 3.05) is 62.6 Å². The van der Waals surface area contributed by atoms with Crippen LogP contribution in [0.15, 0.2) is 36.4 Å². The van der Waals surface area contributed by atoms with E-state index in [0.717, 1.165) is 91.6 Å². The van der Waals surface area contributed by atoms with Crippen molar-refractivity contribution in [3.8, 4) is 5.69 Å². The molecule has 2 saturated heterocycles. The number of fused-ring (bicyclic) bond motifs is 1. The van der Waals surface area contributed by atoms with Gasteiger partial charge in [0.25, 0.3) is 0 Å². The highest BCUT2D eigenvalue weighted by Crippen LogP contribution is 2.32.